The van der Waals surface area contributed by atoms with Gasteiger partial charge in [0.05, 0.1) is 19.8 Å². The zero-order chi connectivity index (χ0) is 22.7. The van der Waals surface area contributed by atoms with E-state index in [0.717, 1.165) is 22.7 Å². The molecule has 2 heterocycles. The lowest BCUT2D eigenvalue weighted by molar-refractivity contribution is -0.117. The molecule has 166 valence electrons. The van der Waals surface area contributed by atoms with Crippen LogP contribution in [-0.2, 0) is 11.2 Å². The highest BCUT2D eigenvalue weighted by Crippen LogP contribution is 2.36. The number of aryl methyl sites for hydroxylation is 1. The second-order valence-corrected chi connectivity index (χ2v) is 8.36. The number of rotatable bonds is 7. The first kappa shape index (κ1) is 21.8. The third-order valence-electron chi connectivity index (χ3n) is 5.45. The lowest BCUT2D eigenvalue weighted by Crippen LogP contribution is -2.25. The second kappa shape index (κ2) is 9.35. The predicted molar refractivity (Wildman–Crippen MR) is 123 cm³/mol. The summed E-state index contributed by atoms with van der Waals surface area (Å²) in [5.74, 6) is 0.647. The van der Waals surface area contributed by atoms with Gasteiger partial charge in [-0.2, -0.15) is 0 Å². The van der Waals surface area contributed by atoms with Crippen LogP contribution < -0.4 is 19.7 Å². The van der Waals surface area contributed by atoms with Crippen molar-refractivity contribution in [2.24, 2.45) is 0 Å². The Kier molecular flexibility index (Phi) is 6.36. The van der Waals surface area contributed by atoms with E-state index in [2.05, 4.69) is 22.4 Å². The summed E-state index contributed by atoms with van der Waals surface area (Å²) in [6.45, 7) is 2.62. The molecule has 8 nitrogen and oxygen atoms in total. The number of amides is 2. The Morgan fingerprint density at radius 1 is 1.19 bits per heavy atom. The molecule has 0 radical (unpaired) electrons. The average Bonchev–Trinajstić information content (AvgIpc) is 3.44. The highest BCUT2D eigenvalue weighted by atomic mass is 32.1. The Bertz CT molecular complexity index is 1150. The first-order valence-electron chi connectivity index (χ1n) is 10.3. The minimum Gasteiger partial charge on any atom is -0.497 e. The van der Waals surface area contributed by atoms with Crippen LogP contribution in [-0.4, -0.2) is 42.8 Å². The summed E-state index contributed by atoms with van der Waals surface area (Å²) in [6.07, 6.45) is 1.22. The molecule has 2 amide bonds. The van der Waals surface area contributed by atoms with Gasteiger partial charge in [-0.15, -0.1) is 10.2 Å². The molecule has 0 unspecified atom stereocenters. The van der Waals surface area contributed by atoms with Crippen molar-refractivity contribution in [1.29, 1.82) is 0 Å². The molecule has 4 rings (SSSR count). The molecule has 1 atom stereocenters. The van der Waals surface area contributed by atoms with Crippen molar-refractivity contribution in [2.75, 3.05) is 31.0 Å². The summed E-state index contributed by atoms with van der Waals surface area (Å²) in [4.78, 5) is 27.3. The van der Waals surface area contributed by atoms with Crippen LogP contribution in [0.2, 0.25) is 0 Å². The molecule has 1 fully saturated rings. The average molecular weight is 453 g/mol. The Hall–Kier alpha value is -3.46. The minimum atomic E-state index is -0.354. The fraction of sp³-hybridized carbons (Fsp3) is 0.304. The molecule has 2 aromatic carbocycles. The van der Waals surface area contributed by atoms with Crippen molar-refractivity contribution < 1.29 is 19.1 Å². The predicted octanol–water partition coefficient (Wildman–Crippen LogP) is 3.89. The van der Waals surface area contributed by atoms with E-state index in [0.29, 0.717) is 35.2 Å². The largest absolute Gasteiger partial charge is 0.497 e. The van der Waals surface area contributed by atoms with E-state index in [1.165, 1.54) is 18.4 Å². The van der Waals surface area contributed by atoms with Crippen LogP contribution in [0.25, 0.3) is 0 Å². The number of nitrogens with one attached hydrogen (secondary N) is 1. The van der Waals surface area contributed by atoms with Crippen LogP contribution in [0.1, 0.15) is 40.2 Å². The fourth-order valence-corrected chi connectivity index (χ4v) is 4.61. The van der Waals surface area contributed by atoms with E-state index >= 15 is 0 Å². The standard InChI is InChI=1S/C23H24N4O4S/c1-4-14-7-5-6-8-18(14)27-13-15(11-20(27)28)22-25-26-23(32-22)24-21(29)17-10-9-16(30-2)12-19(17)31-3/h5-10,12,15H,4,11,13H2,1-3H3,(H,24,26,29)/t15-/m0/s1. The van der Waals surface area contributed by atoms with E-state index in [1.807, 2.05) is 29.2 Å². The van der Waals surface area contributed by atoms with Gasteiger partial charge in [-0.25, -0.2) is 0 Å². The van der Waals surface area contributed by atoms with E-state index in [-0.39, 0.29) is 17.7 Å². The second-order valence-electron chi connectivity index (χ2n) is 7.35. The zero-order valence-corrected chi connectivity index (χ0v) is 18.9. The molecule has 3 aromatic rings. The van der Waals surface area contributed by atoms with Crippen LogP contribution in [0.15, 0.2) is 42.5 Å². The Morgan fingerprint density at radius 3 is 2.75 bits per heavy atom. The van der Waals surface area contributed by atoms with Gasteiger partial charge in [0, 0.05) is 30.6 Å². The molecule has 1 aliphatic rings. The molecule has 0 spiro atoms. The maximum Gasteiger partial charge on any atom is 0.261 e. The van der Waals surface area contributed by atoms with Gasteiger partial charge in [-0.1, -0.05) is 36.5 Å². The smallest absolute Gasteiger partial charge is 0.261 e. The van der Waals surface area contributed by atoms with Gasteiger partial charge in [0.1, 0.15) is 16.5 Å². The number of hydrogen-bond acceptors (Lipinski definition) is 7. The Balaban J connectivity index is 1.48. The quantitative estimate of drug-likeness (QED) is 0.585. The van der Waals surface area contributed by atoms with E-state index in [4.69, 9.17) is 9.47 Å². The van der Waals surface area contributed by atoms with Gasteiger partial charge in [-0.3, -0.25) is 14.9 Å². The van der Waals surface area contributed by atoms with Crippen LogP contribution in [0.5, 0.6) is 11.5 Å². The van der Waals surface area contributed by atoms with Crippen molar-refractivity contribution >= 4 is 34.0 Å². The summed E-state index contributed by atoms with van der Waals surface area (Å²) < 4.78 is 10.5. The number of para-hydroxylation sites is 1. The molecule has 0 saturated carbocycles. The maximum absolute atomic E-state index is 12.7. The molecular formula is C23H24N4O4S. The third kappa shape index (κ3) is 4.29. The number of carbonyl (C=O) groups excluding carboxylic acids is 2. The van der Waals surface area contributed by atoms with Crippen molar-refractivity contribution in [3.05, 3.63) is 58.6 Å². The molecule has 1 aromatic heterocycles. The first-order valence-corrected chi connectivity index (χ1v) is 11.1. The summed E-state index contributed by atoms with van der Waals surface area (Å²) in [5, 5.41) is 12.2. The van der Waals surface area contributed by atoms with Crippen LogP contribution in [0.3, 0.4) is 0 Å². The molecule has 0 bridgehead atoms. The highest BCUT2D eigenvalue weighted by Gasteiger charge is 2.34. The number of ether oxygens (including phenoxy) is 2. The lowest BCUT2D eigenvalue weighted by Gasteiger charge is -2.19. The molecule has 1 aliphatic heterocycles. The van der Waals surface area contributed by atoms with Crippen molar-refractivity contribution in [2.45, 2.75) is 25.7 Å². The third-order valence-corrected chi connectivity index (χ3v) is 6.45. The SMILES string of the molecule is CCc1ccccc1N1C[C@@H](c2nnc(NC(=O)c3ccc(OC)cc3OC)s2)CC1=O. The summed E-state index contributed by atoms with van der Waals surface area (Å²) in [5.41, 5.74) is 2.45. The van der Waals surface area contributed by atoms with Crippen LogP contribution in [0.4, 0.5) is 10.8 Å². The maximum atomic E-state index is 12.7. The van der Waals surface area contributed by atoms with Gasteiger partial charge >= 0.3 is 0 Å². The number of anilines is 2. The molecule has 32 heavy (non-hydrogen) atoms. The van der Waals surface area contributed by atoms with Crippen LogP contribution >= 0.6 is 11.3 Å². The fourth-order valence-electron chi connectivity index (χ4n) is 3.78. The number of aromatic nitrogens is 2. The number of methoxy groups -OCH3 is 2. The normalized spacial score (nSPS) is 15.7. The van der Waals surface area contributed by atoms with E-state index in [9.17, 15) is 9.59 Å². The monoisotopic (exact) mass is 452 g/mol. The van der Waals surface area contributed by atoms with Crippen molar-refractivity contribution in [3.63, 3.8) is 0 Å². The number of benzene rings is 2. The van der Waals surface area contributed by atoms with Gasteiger partial charge in [0.2, 0.25) is 11.0 Å². The summed E-state index contributed by atoms with van der Waals surface area (Å²) >= 11 is 1.28. The summed E-state index contributed by atoms with van der Waals surface area (Å²) in [7, 11) is 3.04. The zero-order valence-electron chi connectivity index (χ0n) is 18.1. The van der Waals surface area contributed by atoms with Crippen molar-refractivity contribution in [1.82, 2.24) is 10.2 Å². The molecule has 9 heteroatoms. The lowest BCUT2D eigenvalue weighted by atomic mass is 10.1. The van der Waals surface area contributed by atoms with Gasteiger partial charge in [0.15, 0.2) is 0 Å². The van der Waals surface area contributed by atoms with Gasteiger partial charge in [-0.05, 0) is 30.2 Å². The minimum absolute atomic E-state index is 0.0638. The van der Waals surface area contributed by atoms with E-state index in [1.54, 1.807) is 25.3 Å². The van der Waals surface area contributed by atoms with Crippen molar-refractivity contribution in [3.8, 4) is 11.5 Å². The molecular weight excluding hydrogens is 428 g/mol. The molecule has 0 aliphatic carbocycles. The number of nitrogens with zero attached hydrogens (tertiary/aromatic N) is 3. The number of hydrogen-bond donors (Lipinski definition) is 1. The Morgan fingerprint density at radius 2 is 2.00 bits per heavy atom. The van der Waals surface area contributed by atoms with Gasteiger partial charge < -0.3 is 14.4 Å². The molecule has 1 saturated heterocycles. The molecule has 1 N–H and O–H groups in total. The number of carbonyl (C=O) groups is 2. The van der Waals surface area contributed by atoms with E-state index < -0.39 is 0 Å². The first-order chi connectivity index (χ1) is 15.5. The summed E-state index contributed by atoms with van der Waals surface area (Å²) in [6, 6.07) is 12.9. The highest BCUT2D eigenvalue weighted by molar-refractivity contribution is 7.15. The van der Waals surface area contributed by atoms with Gasteiger partial charge in [0.25, 0.3) is 5.91 Å². The topological polar surface area (TPSA) is 93.7 Å². The Labute approximate surface area is 190 Å². The van der Waals surface area contributed by atoms with Crippen LogP contribution in [0, 0.1) is 0 Å².